The van der Waals surface area contributed by atoms with Crippen LogP contribution in [0.2, 0.25) is 0 Å². The average Bonchev–Trinajstić information content (AvgIpc) is 2.58. The third kappa shape index (κ3) is 1.98. The van der Waals surface area contributed by atoms with Gasteiger partial charge in [0.1, 0.15) is 5.82 Å². The van der Waals surface area contributed by atoms with Crippen LogP contribution in [-0.2, 0) is 11.3 Å². The lowest BCUT2D eigenvalue weighted by molar-refractivity contribution is -0.117. The molecule has 1 amide bonds. The summed E-state index contributed by atoms with van der Waals surface area (Å²) in [6.45, 7) is 0.736. The number of aliphatic hydroxyl groups is 1. The molecule has 5 nitrogen and oxygen atoms in total. The van der Waals surface area contributed by atoms with Gasteiger partial charge in [-0.25, -0.2) is 4.98 Å². The fourth-order valence-electron chi connectivity index (χ4n) is 1.65. The van der Waals surface area contributed by atoms with E-state index in [2.05, 4.69) is 4.98 Å². The summed E-state index contributed by atoms with van der Waals surface area (Å²) in [5, 5.41) is 9.34. The number of carbonyl (C=O) groups excluding carboxylic acids is 1. The maximum atomic E-state index is 11.5. The largest absolute Gasteiger partial charge is 0.391 e. The topological polar surface area (TPSA) is 79.4 Å². The van der Waals surface area contributed by atoms with Gasteiger partial charge in [-0.1, -0.05) is 0 Å². The molecule has 2 rings (SSSR count). The van der Waals surface area contributed by atoms with E-state index in [4.69, 9.17) is 5.73 Å². The van der Waals surface area contributed by atoms with Gasteiger partial charge in [0.2, 0.25) is 5.91 Å². The van der Waals surface area contributed by atoms with Crippen LogP contribution >= 0.6 is 0 Å². The monoisotopic (exact) mass is 207 g/mol. The van der Waals surface area contributed by atoms with Crippen molar-refractivity contribution in [3.63, 3.8) is 0 Å². The first-order chi connectivity index (χ1) is 7.20. The van der Waals surface area contributed by atoms with Crippen molar-refractivity contribution in [1.82, 2.24) is 4.98 Å². The Kier molecular flexibility index (Phi) is 2.66. The fourth-order valence-corrected chi connectivity index (χ4v) is 1.65. The summed E-state index contributed by atoms with van der Waals surface area (Å²) in [5.74, 6) is 0.476. The lowest BCUT2D eigenvalue weighted by atomic mass is 10.2. The van der Waals surface area contributed by atoms with E-state index in [9.17, 15) is 9.90 Å². The molecule has 3 N–H and O–H groups in total. The zero-order valence-electron chi connectivity index (χ0n) is 8.26. The second-order valence-electron chi connectivity index (χ2n) is 3.59. The number of hydrogen-bond donors (Lipinski definition) is 2. The van der Waals surface area contributed by atoms with Crippen molar-refractivity contribution in [3.8, 4) is 0 Å². The van der Waals surface area contributed by atoms with Gasteiger partial charge >= 0.3 is 0 Å². The van der Waals surface area contributed by atoms with Gasteiger partial charge in [-0.05, 0) is 17.7 Å². The number of amides is 1. The van der Waals surface area contributed by atoms with E-state index < -0.39 is 6.10 Å². The summed E-state index contributed by atoms with van der Waals surface area (Å²) in [7, 11) is 0. The smallest absolute Gasteiger partial charge is 0.230 e. The fraction of sp³-hybridized carbons (Fsp3) is 0.400. The first-order valence-electron chi connectivity index (χ1n) is 4.84. The average molecular weight is 207 g/mol. The van der Waals surface area contributed by atoms with Crippen LogP contribution in [0.25, 0.3) is 0 Å². The Labute approximate surface area is 87.5 Å². The van der Waals surface area contributed by atoms with Crippen molar-refractivity contribution < 1.29 is 9.90 Å². The highest BCUT2D eigenvalue weighted by atomic mass is 16.3. The number of pyridine rings is 1. The summed E-state index contributed by atoms with van der Waals surface area (Å²) in [6, 6.07) is 3.58. The number of β-amino-alcohol motifs (C(OH)–C–C–N with tert-alkyl or cyclic N) is 1. The molecule has 5 heteroatoms. The van der Waals surface area contributed by atoms with Gasteiger partial charge in [0.05, 0.1) is 19.1 Å². The van der Waals surface area contributed by atoms with Gasteiger partial charge in [-0.2, -0.15) is 0 Å². The lowest BCUT2D eigenvalue weighted by Gasteiger charge is -2.14. The zero-order valence-corrected chi connectivity index (χ0v) is 8.26. The quantitative estimate of drug-likeness (QED) is 0.694. The molecule has 15 heavy (non-hydrogen) atoms. The molecule has 1 aliphatic heterocycles. The number of nitrogens with two attached hydrogens (primary N) is 1. The van der Waals surface area contributed by atoms with Crippen molar-refractivity contribution >= 4 is 11.7 Å². The standard InChI is InChI=1S/C10H13N3O2/c11-5-7-1-2-12-9(3-7)13-6-8(14)4-10(13)15/h1-3,8,14H,4-6,11H2. The minimum atomic E-state index is -0.583. The molecule has 1 atom stereocenters. The van der Waals surface area contributed by atoms with E-state index in [0.29, 0.717) is 18.9 Å². The second kappa shape index (κ2) is 3.96. The highest BCUT2D eigenvalue weighted by molar-refractivity contribution is 5.95. The van der Waals surface area contributed by atoms with Crippen LogP contribution in [-0.4, -0.2) is 28.6 Å². The first-order valence-corrected chi connectivity index (χ1v) is 4.84. The minimum absolute atomic E-state index is 0.0934. The second-order valence-corrected chi connectivity index (χ2v) is 3.59. The van der Waals surface area contributed by atoms with Crippen LogP contribution in [0.4, 0.5) is 5.82 Å². The summed E-state index contributed by atoms with van der Waals surface area (Å²) in [5.41, 5.74) is 6.42. The lowest BCUT2D eigenvalue weighted by Crippen LogP contribution is -2.26. The summed E-state index contributed by atoms with van der Waals surface area (Å²) in [6.07, 6.45) is 1.21. The molecule has 0 aromatic carbocycles. The minimum Gasteiger partial charge on any atom is -0.391 e. The number of hydrogen-bond acceptors (Lipinski definition) is 4. The van der Waals surface area contributed by atoms with Crippen LogP contribution in [0.1, 0.15) is 12.0 Å². The number of aromatic nitrogens is 1. The highest BCUT2D eigenvalue weighted by Crippen LogP contribution is 2.19. The molecule has 1 aromatic rings. The number of carbonyl (C=O) groups is 1. The molecule has 1 unspecified atom stereocenters. The Morgan fingerprint density at radius 3 is 3.07 bits per heavy atom. The van der Waals surface area contributed by atoms with Crippen molar-refractivity contribution in [1.29, 1.82) is 0 Å². The van der Waals surface area contributed by atoms with E-state index in [1.54, 1.807) is 18.3 Å². The SMILES string of the molecule is NCc1ccnc(N2CC(O)CC2=O)c1. The van der Waals surface area contributed by atoms with Crippen LogP contribution in [0.15, 0.2) is 18.3 Å². The van der Waals surface area contributed by atoms with Crippen molar-refractivity contribution in [3.05, 3.63) is 23.9 Å². The maximum absolute atomic E-state index is 11.5. The molecular weight excluding hydrogens is 194 g/mol. The van der Waals surface area contributed by atoms with E-state index >= 15 is 0 Å². The highest BCUT2D eigenvalue weighted by Gasteiger charge is 2.29. The van der Waals surface area contributed by atoms with Crippen molar-refractivity contribution in [2.24, 2.45) is 5.73 Å². The number of rotatable bonds is 2. The van der Waals surface area contributed by atoms with Gasteiger partial charge in [-0.3, -0.25) is 9.69 Å². The third-order valence-corrected chi connectivity index (χ3v) is 2.43. The summed E-state index contributed by atoms with van der Waals surface area (Å²) in [4.78, 5) is 17.1. The molecule has 1 aliphatic rings. The van der Waals surface area contributed by atoms with Crippen LogP contribution in [0.3, 0.4) is 0 Å². The molecule has 1 aromatic heterocycles. The van der Waals surface area contributed by atoms with Gasteiger partial charge in [-0.15, -0.1) is 0 Å². The molecule has 0 aliphatic carbocycles. The first kappa shape index (κ1) is 10.1. The van der Waals surface area contributed by atoms with Gasteiger partial charge in [0.25, 0.3) is 0 Å². The maximum Gasteiger partial charge on any atom is 0.230 e. The Bertz CT molecular complexity index is 381. The molecule has 2 heterocycles. The van der Waals surface area contributed by atoms with E-state index in [1.165, 1.54) is 4.90 Å². The predicted octanol–water partition coefficient (Wildman–Crippen LogP) is -0.362. The van der Waals surface area contributed by atoms with Crippen molar-refractivity contribution in [2.75, 3.05) is 11.4 Å². The molecule has 80 valence electrons. The van der Waals surface area contributed by atoms with E-state index in [1.807, 2.05) is 0 Å². The Hall–Kier alpha value is -1.46. The number of nitrogens with zero attached hydrogens (tertiary/aromatic N) is 2. The van der Waals surface area contributed by atoms with Crippen LogP contribution in [0, 0.1) is 0 Å². The van der Waals surface area contributed by atoms with Crippen molar-refractivity contribution in [2.45, 2.75) is 19.1 Å². The summed E-state index contributed by atoms with van der Waals surface area (Å²) < 4.78 is 0. The van der Waals surface area contributed by atoms with Crippen LogP contribution < -0.4 is 10.6 Å². The summed E-state index contributed by atoms with van der Waals surface area (Å²) >= 11 is 0. The van der Waals surface area contributed by atoms with Gasteiger partial charge < -0.3 is 10.8 Å². The number of anilines is 1. The molecule has 1 fully saturated rings. The molecule has 0 spiro atoms. The zero-order chi connectivity index (χ0) is 10.8. The Morgan fingerprint density at radius 1 is 1.67 bits per heavy atom. The van der Waals surface area contributed by atoms with Gasteiger partial charge in [0, 0.05) is 12.7 Å². The molecular formula is C10H13N3O2. The van der Waals surface area contributed by atoms with E-state index in [-0.39, 0.29) is 12.3 Å². The number of aliphatic hydroxyl groups excluding tert-OH is 1. The molecule has 0 saturated carbocycles. The Balaban J connectivity index is 2.25. The Morgan fingerprint density at radius 2 is 2.47 bits per heavy atom. The van der Waals surface area contributed by atoms with Gasteiger partial charge in [0.15, 0.2) is 0 Å². The predicted molar refractivity (Wildman–Crippen MR) is 55.1 cm³/mol. The molecule has 0 bridgehead atoms. The third-order valence-electron chi connectivity index (χ3n) is 2.43. The molecule has 0 radical (unpaired) electrons. The van der Waals surface area contributed by atoms with E-state index in [0.717, 1.165) is 5.56 Å². The molecule has 1 saturated heterocycles. The van der Waals surface area contributed by atoms with Crippen LogP contribution in [0.5, 0.6) is 0 Å². The normalized spacial score (nSPS) is 21.1.